The van der Waals surface area contributed by atoms with Crippen molar-refractivity contribution >= 4 is 6.01 Å². The van der Waals surface area contributed by atoms with Gasteiger partial charge in [0.25, 0.3) is 6.01 Å². The fourth-order valence-electron chi connectivity index (χ4n) is 1.58. The highest BCUT2D eigenvalue weighted by atomic mass is 19.1. The van der Waals surface area contributed by atoms with E-state index < -0.39 is 0 Å². The summed E-state index contributed by atoms with van der Waals surface area (Å²) in [6.07, 6.45) is 0. The van der Waals surface area contributed by atoms with Gasteiger partial charge in [0.05, 0.1) is 11.3 Å². The van der Waals surface area contributed by atoms with E-state index >= 15 is 0 Å². The lowest BCUT2D eigenvalue weighted by molar-refractivity contribution is 0.577. The summed E-state index contributed by atoms with van der Waals surface area (Å²) in [5.41, 5.74) is 6.59. The van der Waals surface area contributed by atoms with Crippen LogP contribution in [0.1, 0.15) is 25.5 Å². The molecule has 0 fully saturated rings. The number of hydrogen-bond acceptors (Lipinski definition) is 3. The fraction of sp³-hybridized carbons (Fsp3) is 0.250. The Balaban J connectivity index is 2.60. The minimum atomic E-state index is -0.333. The minimum absolute atomic E-state index is 0.0713. The summed E-state index contributed by atoms with van der Waals surface area (Å²) in [7, 11) is 0. The summed E-state index contributed by atoms with van der Waals surface area (Å²) in [5.74, 6) is 0.224. The Bertz CT molecular complexity index is 505. The molecule has 2 rings (SSSR count). The average molecular weight is 220 g/mol. The third-order valence-electron chi connectivity index (χ3n) is 2.34. The van der Waals surface area contributed by atoms with Gasteiger partial charge in [-0.3, -0.25) is 0 Å². The van der Waals surface area contributed by atoms with Crippen molar-refractivity contribution in [2.24, 2.45) is 0 Å². The summed E-state index contributed by atoms with van der Waals surface area (Å²) in [4.78, 5) is 4.07. The maximum Gasteiger partial charge on any atom is 0.292 e. The molecule has 0 saturated heterocycles. The van der Waals surface area contributed by atoms with Crippen molar-refractivity contribution in [2.45, 2.75) is 19.8 Å². The van der Waals surface area contributed by atoms with Gasteiger partial charge in [0, 0.05) is 0 Å². The lowest BCUT2D eigenvalue weighted by atomic mass is 10.0. The first-order valence-corrected chi connectivity index (χ1v) is 5.10. The van der Waals surface area contributed by atoms with Gasteiger partial charge in [-0.25, -0.2) is 4.39 Å². The van der Waals surface area contributed by atoms with E-state index in [1.54, 1.807) is 18.2 Å². The molecular formula is C12H13FN2O. The molecule has 0 unspecified atom stereocenters. The lowest BCUT2D eigenvalue weighted by Gasteiger charge is -2.04. The first kappa shape index (κ1) is 10.7. The SMILES string of the molecule is CC(C)c1nc(N)oc1-c1ccccc1F. The highest BCUT2D eigenvalue weighted by Gasteiger charge is 2.18. The number of nitrogens with two attached hydrogens (primary N) is 1. The monoisotopic (exact) mass is 220 g/mol. The number of nitrogen functional groups attached to an aromatic ring is 1. The number of oxazole rings is 1. The van der Waals surface area contributed by atoms with Crippen LogP contribution in [0.3, 0.4) is 0 Å². The summed E-state index contributed by atoms with van der Waals surface area (Å²) in [6, 6.07) is 6.50. The topological polar surface area (TPSA) is 52.0 Å². The van der Waals surface area contributed by atoms with Gasteiger partial charge in [-0.15, -0.1) is 0 Å². The zero-order chi connectivity index (χ0) is 11.7. The van der Waals surface area contributed by atoms with Crippen molar-refractivity contribution in [3.8, 4) is 11.3 Å². The number of halogens is 1. The summed E-state index contributed by atoms with van der Waals surface area (Å²) in [5, 5.41) is 0. The van der Waals surface area contributed by atoms with Crippen LogP contribution in [-0.4, -0.2) is 4.98 Å². The van der Waals surface area contributed by atoms with E-state index in [0.717, 1.165) is 0 Å². The molecule has 0 aliphatic rings. The Kier molecular flexibility index (Phi) is 2.64. The molecule has 1 aromatic heterocycles. The smallest absolute Gasteiger partial charge is 0.292 e. The largest absolute Gasteiger partial charge is 0.423 e. The van der Waals surface area contributed by atoms with Crippen LogP contribution < -0.4 is 5.73 Å². The molecule has 0 radical (unpaired) electrons. The highest BCUT2D eigenvalue weighted by molar-refractivity contribution is 5.62. The second kappa shape index (κ2) is 3.96. The predicted molar refractivity (Wildman–Crippen MR) is 60.4 cm³/mol. The van der Waals surface area contributed by atoms with Crippen LogP contribution in [0.2, 0.25) is 0 Å². The Hall–Kier alpha value is -1.84. The Morgan fingerprint density at radius 2 is 2.00 bits per heavy atom. The van der Waals surface area contributed by atoms with Gasteiger partial charge in [0.2, 0.25) is 0 Å². The Morgan fingerprint density at radius 3 is 2.62 bits per heavy atom. The molecular weight excluding hydrogens is 207 g/mol. The lowest BCUT2D eigenvalue weighted by Crippen LogP contribution is -1.92. The van der Waals surface area contributed by atoms with E-state index in [9.17, 15) is 4.39 Å². The van der Waals surface area contributed by atoms with Crippen LogP contribution in [0.15, 0.2) is 28.7 Å². The van der Waals surface area contributed by atoms with Gasteiger partial charge in [-0.1, -0.05) is 26.0 Å². The molecule has 16 heavy (non-hydrogen) atoms. The minimum Gasteiger partial charge on any atom is -0.423 e. The van der Waals surface area contributed by atoms with Gasteiger partial charge in [-0.05, 0) is 18.1 Å². The van der Waals surface area contributed by atoms with Crippen LogP contribution in [0.25, 0.3) is 11.3 Å². The van der Waals surface area contributed by atoms with E-state index in [4.69, 9.17) is 10.2 Å². The van der Waals surface area contributed by atoms with Crippen LogP contribution in [0, 0.1) is 5.82 Å². The van der Waals surface area contributed by atoms with Crippen molar-refractivity contribution in [3.05, 3.63) is 35.8 Å². The fourth-order valence-corrected chi connectivity index (χ4v) is 1.58. The predicted octanol–water partition coefficient (Wildman–Crippen LogP) is 3.19. The molecule has 2 aromatic rings. The number of aromatic nitrogens is 1. The van der Waals surface area contributed by atoms with Crippen LogP contribution in [-0.2, 0) is 0 Å². The van der Waals surface area contributed by atoms with Gasteiger partial charge in [0.1, 0.15) is 5.82 Å². The zero-order valence-corrected chi connectivity index (χ0v) is 9.20. The molecule has 3 nitrogen and oxygen atoms in total. The van der Waals surface area contributed by atoms with Crippen molar-refractivity contribution < 1.29 is 8.81 Å². The van der Waals surface area contributed by atoms with E-state index in [1.807, 2.05) is 13.8 Å². The van der Waals surface area contributed by atoms with E-state index in [1.165, 1.54) is 6.07 Å². The van der Waals surface area contributed by atoms with Crippen molar-refractivity contribution in [1.29, 1.82) is 0 Å². The Morgan fingerprint density at radius 1 is 1.31 bits per heavy atom. The van der Waals surface area contributed by atoms with Gasteiger partial charge in [0.15, 0.2) is 5.76 Å². The summed E-state index contributed by atoms with van der Waals surface area (Å²) >= 11 is 0. The van der Waals surface area contributed by atoms with Crippen molar-refractivity contribution in [3.63, 3.8) is 0 Å². The van der Waals surface area contributed by atoms with Crippen molar-refractivity contribution in [1.82, 2.24) is 4.98 Å². The van der Waals surface area contributed by atoms with Crippen molar-refractivity contribution in [2.75, 3.05) is 5.73 Å². The Labute approximate surface area is 93.1 Å². The maximum atomic E-state index is 13.6. The standard InChI is InChI=1S/C12H13FN2O/c1-7(2)10-11(16-12(14)15-10)8-5-3-4-6-9(8)13/h3-7H,1-2H3,(H2,14,15). The molecule has 0 aliphatic carbocycles. The number of nitrogens with zero attached hydrogens (tertiary/aromatic N) is 1. The quantitative estimate of drug-likeness (QED) is 0.845. The van der Waals surface area contributed by atoms with E-state index in [2.05, 4.69) is 4.98 Å². The number of anilines is 1. The summed E-state index contributed by atoms with van der Waals surface area (Å²) in [6.45, 7) is 3.92. The second-order valence-electron chi connectivity index (χ2n) is 3.90. The number of benzene rings is 1. The van der Waals surface area contributed by atoms with Crippen LogP contribution in [0.5, 0.6) is 0 Å². The number of hydrogen-bond donors (Lipinski definition) is 1. The normalized spacial score (nSPS) is 11.0. The molecule has 1 aromatic carbocycles. The van der Waals surface area contributed by atoms with E-state index in [-0.39, 0.29) is 17.7 Å². The zero-order valence-electron chi connectivity index (χ0n) is 9.20. The third-order valence-corrected chi connectivity index (χ3v) is 2.34. The van der Waals surface area contributed by atoms with E-state index in [0.29, 0.717) is 17.0 Å². The summed E-state index contributed by atoms with van der Waals surface area (Å²) < 4.78 is 18.9. The molecule has 0 bridgehead atoms. The molecule has 0 saturated carbocycles. The molecule has 0 spiro atoms. The first-order chi connectivity index (χ1) is 7.59. The average Bonchev–Trinajstić information content (AvgIpc) is 2.61. The van der Waals surface area contributed by atoms with Crippen LogP contribution in [0.4, 0.5) is 10.4 Å². The van der Waals surface area contributed by atoms with Gasteiger partial charge in [-0.2, -0.15) is 4.98 Å². The highest BCUT2D eigenvalue weighted by Crippen LogP contribution is 2.32. The second-order valence-corrected chi connectivity index (χ2v) is 3.90. The third kappa shape index (κ3) is 1.78. The van der Waals surface area contributed by atoms with Crippen LogP contribution >= 0.6 is 0 Å². The van der Waals surface area contributed by atoms with Gasteiger partial charge >= 0.3 is 0 Å². The maximum absolute atomic E-state index is 13.6. The molecule has 0 amide bonds. The molecule has 84 valence electrons. The first-order valence-electron chi connectivity index (χ1n) is 5.10. The molecule has 0 aliphatic heterocycles. The van der Waals surface area contributed by atoms with Gasteiger partial charge < -0.3 is 10.2 Å². The molecule has 0 atom stereocenters. The molecule has 1 heterocycles. The molecule has 2 N–H and O–H groups in total. The number of rotatable bonds is 2. The molecule has 4 heteroatoms.